The van der Waals surface area contributed by atoms with Crippen LogP contribution in [0.4, 0.5) is 0 Å². The molecule has 1 aliphatic heterocycles. The van der Waals surface area contributed by atoms with Crippen molar-refractivity contribution >= 4 is 0 Å². The Morgan fingerprint density at radius 1 is 0.960 bits per heavy atom. The maximum absolute atomic E-state index is 11.8. The number of hydrogen-bond donors (Lipinski definition) is 1. The molecule has 1 saturated heterocycles. The van der Waals surface area contributed by atoms with Gasteiger partial charge in [0.1, 0.15) is 0 Å². The molecule has 1 aromatic rings. The van der Waals surface area contributed by atoms with Crippen molar-refractivity contribution in [2.45, 2.75) is 70.3 Å². The highest BCUT2D eigenvalue weighted by atomic mass is 127. The second kappa shape index (κ2) is 9.70. The quantitative estimate of drug-likeness (QED) is 0.511. The van der Waals surface area contributed by atoms with E-state index in [4.69, 9.17) is 0 Å². The van der Waals surface area contributed by atoms with E-state index in [0.29, 0.717) is 5.92 Å². The molecule has 1 saturated carbocycles. The van der Waals surface area contributed by atoms with Crippen molar-refractivity contribution in [3.63, 3.8) is 0 Å². The molecule has 3 rings (SSSR count). The first-order chi connectivity index (χ1) is 11.7. The first kappa shape index (κ1) is 21.2. The van der Waals surface area contributed by atoms with E-state index in [0.717, 1.165) is 18.5 Å². The summed E-state index contributed by atoms with van der Waals surface area (Å²) in [5.41, 5.74) is 0.530. The molecule has 2 nitrogen and oxygen atoms in total. The van der Waals surface area contributed by atoms with E-state index >= 15 is 0 Å². The van der Waals surface area contributed by atoms with Gasteiger partial charge in [0.05, 0.1) is 31.8 Å². The predicted octanol–water partition coefficient (Wildman–Crippen LogP) is 1.87. The summed E-state index contributed by atoms with van der Waals surface area (Å²) >= 11 is 0. The lowest BCUT2D eigenvalue weighted by atomic mass is 9.71. The van der Waals surface area contributed by atoms with Gasteiger partial charge in [0.25, 0.3) is 0 Å². The molecule has 0 aromatic heterocycles. The van der Waals surface area contributed by atoms with Gasteiger partial charge in [0, 0.05) is 6.42 Å². The summed E-state index contributed by atoms with van der Waals surface area (Å²) in [6.07, 6.45) is 11.3. The van der Waals surface area contributed by atoms with Crippen LogP contribution in [-0.4, -0.2) is 35.8 Å². The van der Waals surface area contributed by atoms with Crippen LogP contribution in [0.25, 0.3) is 0 Å². The summed E-state index contributed by atoms with van der Waals surface area (Å²) in [4.78, 5) is 0. The summed E-state index contributed by atoms with van der Waals surface area (Å²) in [5.74, 6) is 0.440. The molecule has 0 spiro atoms. The number of piperidine rings is 1. The van der Waals surface area contributed by atoms with Crippen molar-refractivity contribution in [3.8, 4) is 0 Å². The standard InChI is InChI=1S/C22H36NO.HI/c1-2-23(17-10-5-11-18-23)19-16-22(24,20-12-6-3-7-13-20)21-14-8-4-9-15-21;/h3,6-7,12-13,21,24H,2,4-5,8-11,14-19H2,1H3;1H/q+1;/p-1. The monoisotopic (exact) mass is 457 g/mol. The highest BCUT2D eigenvalue weighted by Crippen LogP contribution is 2.42. The van der Waals surface area contributed by atoms with Crippen molar-refractivity contribution in [1.29, 1.82) is 0 Å². The van der Waals surface area contributed by atoms with Crippen LogP contribution < -0.4 is 24.0 Å². The van der Waals surface area contributed by atoms with E-state index in [1.807, 2.05) is 0 Å². The van der Waals surface area contributed by atoms with E-state index in [-0.39, 0.29) is 24.0 Å². The first-order valence-corrected chi connectivity index (χ1v) is 10.3. The SMILES string of the molecule is CC[N+]1(CCC(O)(c2ccccc2)C2CCCCC2)CCCCC1.[I-]. The van der Waals surface area contributed by atoms with Gasteiger partial charge in [-0.2, -0.15) is 0 Å². The van der Waals surface area contributed by atoms with Crippen LogP contribution in [0, 0.1) is 5.92 Å². The Morgan fingerprint density at radius 3 is 2.16 bits per heavy atom. The van der Waals surface area contributed by atoms with Crippen LogP contribution in [-0.2, 0) is 5.60 Å². The Kier molecular flexibility index (Phi) is 8.22. The number of benzene rings is 1. The fourth-order valence-corrected chi connectivity index (χ4v) is 5.18. The van der Waals surface area contributed by atoms with Gasteiger partial charge in [0.2, 0.25) is 0 Å². The number of aliphatic hydroxyl groups is 1. The van der Waals surface area contributed by atoms with E-state index < -0.39 is 5.60 Å². The van der Waals surface area contributed by atoms with E-state index in [1.165, 1.54) is 75.5 Å². The number of halogens is 1. The Balaban J connectivity index is 0.00000225. The number of rotatable bonds is 6. The molecule has 1 atom stereocenters. The lowest BCUT2D eigenvalue weighted by Crippen LogP contribution is -3.00. The van der Waals surface area contributed by atoms with Gasteiger partial charge >= 0.3 is 0 Å². The average molecular weight is 457 g/mol. The summed E-state index contributed by atoms with van der Waals surface area (Å²) in [5, 5.41) is 11.8. The lowest BCUT2D eigenvalue weighted by molar-refractivity contribution is -0.931. The minimum Gasteiger partial charge on any atom is -1.00 e. The molecule has 1 aromatic carbocycles. The zero-order valence-corrected chi connectivity index (χ0v) is 18.1. The minimum atomic E-state index is -0.625. The highest BCUT2D eigenvalue weighted by molar-refractivity contribution is 5.23. The van der Waals surface area contributed by atoms with Crippen molar-refractivity contribution in [1.82, 2.24) is 0 Å². The molecular weight excluding hydrogens is 421 g/mol. The molecule has 2 aliphatic rings. The zero-order valence-electron chi connectivity index (χ0n) is 15.9. The summed E-state index contributed by atoms with van der Waals surface area (Å²) in [7, 11) is 0. The molecular formula is C22H36INO. The van der Waals surface area contributed by atoms with Crippen LogP contribution in [0.5, 0.6) is 0 Å². The maximum atomic E-state index is 11.8. The second-order valence-corrected chi connectivity index (χ2v) is 8.26. The van der Waals surface area contributed by atoms with Gasteiger partial charge in [-0.05, 0) is 50.5 Å². The van der Waals surface area contributed by atoms with Crippen molar-refractivity contribution in [3.05, 3.63) is 35.9 Å². The lowest BCUT2D eigenvalue weighted by Gasteiger charge is -2.45. The second-order valence-electron chi connectivity index (χ2n) is 8.26. The molecule has 3 heteroatoms. The Morgan fingerprint density at radius 2 is 1.56 bits per heavy atom. The molecule has 0 bridgehead atoms. The van der Waals surface area contributed by atoms with Gasteiger partial charge in [-0.3, -0.25) is 0 Å². The fourth-order valence-electron chi connectivity index (χ4n) is 5.18. The zero-order chi connectivity index (χ0) is 16.9. The van der Waals surface area contributed by atoms with Gasteiger partial charge in [0.15, 0.2) is 0 Å². The highest BCUT2D eigenvalue weighted by Gasteiger charge is 2.41. The number of nitrogens with zero attached hydrogens (tertiary/aromatic N) is 1. The first-order valence-electron chi connectivity index (χ1n) is 10.3. The van der Waals surface area contributed by atoms with Crippen LogP contribution in [0.3, 0.4) is 0 Å². The molecule has 1 N–H and O–H groups in total. The van der Waals surface area contributed by atoms with E-state index in [2.05, 4.69) is 37.3 Å². The third-order valence-electron chi connectivity index (χ3n) is 6.96. The van der Waals surface area contributed by atoms with Crippen molar-refractivity contribution in [2.75, 3.05) is 26.2 Å². The Bertz CT molecular complexity index is 494. The van der Waals surface area contributed by atoms with E-state index in [9.17, 15) is 5.11 Å². The molecule has 0 radical (unpaired) electrons. The minimum absolute atomic E-state index is 0. The Labute approximate surface area is 171 Å². The van der Waals surface area contributed by atoms with Crippen LogP contribution >= 0.6 is 0 Å². The molecule has 2 fully saturated rings. The molecule has 0 amide bonds. The smallest absolute Gasteiger partial charge is 0.0978 e. The average Bonchev–Trinajstić information content (AvgIpc) is 2.68. The predicted molar refractivity (Wildman–Crippen MR) is 101 cm³/mol. The summed E-state index contributed by atoms with van der Waals surface area (Å²) < 4.78 is 1.22. The molecule has 1 aliphatic carbocycles. The molecule has 142 valence electrons. The Hall–Kier alpha value is -0.130. The van der Waals surface area contributed by atoms with Gasteiger partial charge in [-0.1, -0.05) is 49.6 Å². The maximum Gasteiger partial charge on any atom is 0.0978 e. The molecule has 1 heterocycles. The topological polar surface area (TPSA) is 20.2 Å². The molecule has 25 heavy (non-hydrogen) atoms. The van der Waals surface area contributed by atoms with Gasteiger partial charge < -0.3 is 33.6 Å². The van der Waals surface area contributed by atoms with Crippen molar-refractivity contribution < 1.29 is 33.6 Å². The number of hydrogen-bond acceptors (Lipinski definition) is 1. The van der Waals surface area contributed by atoms with E-state index in [1.54, 1.807) is 0 Å². The fraction of sp³-hybridized carbons (Fsp3) is 0.727. The largest absolute Gasteiger partial charge is 1.00 e. The van der Waals surface area contributed by atoms with Gasteiger partial charge in [-0.25, -0.2) is 0 Å². The normalized spacial score (nSPS) is 23.4. The van der Waals surface area contributed by atoms with Crippen LogP contribution in [0.2, 0.25) is 0 Å². The third kappa shape index (κ3) is 4.98. The molecule has 1 unspecified atom stereocenters. The summed E-state index contributed by atoms with van der Waals surface area (Å²) in [6.45, 7) is 7.32. The van der Waals surface area contributed by atoms with Crippen molar-refractivity contribution in [2.24, 2.45) is 5.92 Å². The third-order valence-corrected chi connectivity index (χ3v) is 6.96. The summed E-state index contributed by atoms with van der Waals surface area (Å²) in [6, 6.07) is 10.6. The number of likely N-dealkylation sites (tertiary alicyclic amines) is 1. The van der Waals surface area contributed by atoms with Crippen LogP contribution in [0.1, 0.15) is 70.3 Å². The van der Waals surface area contributed by atoms with Gasteiger partial charge in [-0.15, -0.1) is 0 Å². The number of quaternary nitrogens is 1. The van der Waals surface area contributed by atoms with Crippen LogP contribution in [0.15, 0.2) is 30.3 Å².